The number of amides is 1. The summed E-state index contributed by atoms with van der Waals surface area (Å²) in [5, 5.41) is 10.3. The van der Waals surface area contributed by atoms with Crippen molar-refractivity contribution in [3.8, 4) is 0 Å². The molecule has 0 bridgehead atoms. The highest BCUT2D eigenvalue weighted by Crippen LogP contribution is 2.15. The molecule has 0 unspecified atom stereocenters. The van der Waals surface area contributed by atoms with E-state index in [9.17, 15) is 4.79 Å². The van der Waals surface area contributed by atoms with Crippen molar-refractivity contribution in [2.24, 2.45) is 4.99 Å². The molecule has 3 N–H and O–H groups in total. The van der Waals surface area contributed by atoms with E-state index in [1.54, 1.807) is 11.3 Å². The second-order valence-corrected chi connectivity index (χ2v) is 7.17. The summed E-state index contributed by atoms with van der Waals surface area (Å²) in [5.74, 6) is 0.537. The lowest BCUT2D eigenvalue weighted by molar-refractivity contribution is -0.119. The van der Waals surface area contributed by atoms with Crippen LogP contribution in [0.25, 0.3) is 0 Å². The van der Waals surface area contributed by atoms with Crippen LogP contribution in [-0.4, -0.2) is 36.5 Å². The molecule has 2 aromatic rings. The zero-order chi connectivity index (χ0) is 18.8. The molecule has 0 spiro atoms. The molecular weight excluding hydrogens is 346 g/mol. The van der Waals surface area contributed by atoms with Gasteiger partial charge in [-0.15, -0.1) is 11.3 Å². The van der Waals surface area contributed by atoms with Crippen molar-refractivity contribution >= 4 is 23.2 Å². The first-order valence-electron chi connectivity index (χ1n) is 8.84. The molecule has 1 aromatic carbocycles. The van der Waals surface area contributed by atoms with Crippen LogP contribution in [0.5, 0.6) is 0 Å². The maximum atomic E-state index is 12.0. The zero-order valence-electron chi connectivity index (χ0n) is 15.6. The van der Waals surface area contributed by atoms with Gasteiger partial charge in [0.1, 0.15) is 11.6 Å². The number of aryl methyl sites for hydroxylation is 2. The van der Waals surface area contributed by atoms with E-state index in [-0.39, 0.29) is 12.5 Å². The average molecular weight is 374 g/mol. The van der Waals surface area contributed by atoms with E-state index in [0.29, 0.717) is 19.0 Å². The molecule has 0 saturated carbocycles. The fourth-order valence-corrected chi connectivity index (χ4v) is 3.19. The van der Waals surface area contributed by atoms with Crippen molar-refractivity contribution in [3.05, 3.63) is 51.5 Å². The Labute approximate surface area is 159 Å². The summed E-state index contributed by atoms with van der Waals surface area (Å²) in [6, 6.07) is 10.1. The molecule has 26 heavy (non-hydrogen) atoms. The quantitative estimate of drug-likeness (QED) is 0.489. The van der Waals surface area contributed by atoms with E-state index >= 15 is 0 Å². The van der Waals surface area contributed by atoms with Gasteiger partial charge in [-0.05, 0) is 32.8 Å². The van der Waals surface area contributed by atoms with Crippen molar-refractivity contribution in [3.63, 3.8) is 0 Å². The third-order valence-corrected chi connectivity index (χ3v) is 4.86. The van der Waals surface area contributed by atoms with Crippen LogP contribution < -0.4 is 16.0 Å². The first-order valence-corrected chi connectivity index (χ1v) is 9.66. The summed E-state index contributed by atoms with van der Waals surface area (Å²) in [6.45, 7) is 8.11. The van der Waals surface area contributed by atoms with Crippen LogP contribution in [0.2, 0.25) is 0 Å². The Hall–Kier alpha value is -2.41. The van der Waals surface area contributed by atoms with Crippen molar-refractivity contribution in [1.82, 2.24) is 20.9 Å². The lowest BCUT2D eigenvalue weighted by Gasteiger charge is -2.10. The largest absolute Gasteiger partial charge is 0.357 e. The summed E-state index contributed by atoms with van der Waals surface area (Å²) in [4.78, 5) is 22.0. The molecule has 1 aromatic heterocycles. The van der Waals surface area contributed by atoms with Gasteiger partial charge in [0.15, 0.2) is 5.96 Å². The SMILES string of the molecule is CCNC(=NCC(=O)NCCc1ccccc1)NCc1nc(C)c(C)s1. The summed E-state index contributed by atoms with van der Waals surface area (Å²) in [5.41, 5.74) is 2.27. The van der Waals surface area contributed by atoms with Crippen molar-refractivity contribution in [1.29, 1.82) is 0 Å². The molecule has 1 amide bonds. The number of hydrogen-bond donors (Lipinski definition) is 3. The van der Waals surface area contributed by atoms with Gasteiger partial charge < -0.3 is 16.0 Å². The van der Waals surface area contributed by atoms with Crippen molar-refractivity contribution in [2.75, 3.05) is 19.6 Å². The number of carbonyl (C=O) groups excluding carboxylic acids is 1. The van der Waals surface area contributed by atoms with Crippen LogP contribution >= 0.6 is 11.3 Å². The molecular formula is C19H27N5OS. The lowest BCUT2D eigenvalue weighted by atomic mass is 10.1. The van der Waals surface area contributed by atoms with Crippen molar-refractivity contribution in [2.45, 2.75) is 33.7 Å². The highest BCUT2D eigenvalue weighted by atomic mass is 32.1. The van der Waals surface area contributed by atoms with Gasteiger partial charge in [-0.3, -0.25) is 4.79 Å². The molecule has 0 saturated heterocycles. The van der Waals surface area contributed by atoms with Gasteiger partial charge >= 0.3 is 0 Å². The lowest BCUT2D eigenvalue weighted by Crippen LogP contribution is -2.38. The van der Waals surface area contributed by atoms with Crippen LogP contribution in [0.4, 0.5) is 0 Å². The number of guanidine groups is 1. The maximum absolute atomic E-state index is 12.0. The molecule has 0 radical (unpaired) electrons. The van der Waals surface area contributed by atoms with Gasteiger partial charge in [-0.25, -0.2) is 9.98 Å². The number of aromatic nitrogens is 1. The van der Waals surface area contributed by atoms with Gasteiger partial charge in [0.25, 0.3) is 0 Å². The number of aliphatic imine (C=N–C) groups is 1. The molecule has 2 rings (SSSR count). The Bertz CT molecular complexity index is 707. The van der Waals surface area contributed by atoms with Crippen LogP contribution in [0, 0.1) is 13.8 Å². The van der Waals surface area contributed by atoms with E-state index in [4.69, 9.17) is 0 Å². The van der Waals surface area contributed by atoms with Gasteiger partial charge in [0, 0.05) is 18.0 Å². The number of nitrogens with one attached hydrogen (secondary N) is 3. The van der Waals surface area contributed by atoms with E-state index in [2.05, 4.69) is 45.0 Å². The molecule has 1 heterocycles. The Balaban J connectivity index is 1.76. The number of carbonyl (C=O) groups is 1. The number of thiazole rings is 1. The summed E-state index contributed by atoms with van der Waals surface area (Å²) >= 11 is 1.67. The van der Waals surface area contributed by atoms with Gasteiger partial charge in [-0.1, -0.05) is 30.3 Å². The fraction of sp³-hybridized carbons (Fsp3) is 0.421. The minimum Gasteiger partial charge on any atom is -0.357 e. The van der Waals surface area contributed by atoms with E-state index < -0.39 is 0 Å². The average Bonchev–Trinajstić information content (AvgIpc) is 2.96. The summed E-state index contributed by atoms with van der Waals surface area (Å²) in [7, 11) is 0. The fourth-order valence-electron chi connectivity index (χ4n) is 2.31. The minimum atomic E-state index is -0.0842. The second-order valence-electron chi connectivity index (χ2n) is 5.88. The molecule has 7 heteroatoms. The molecule has 6 nitrogen and oxygen atoms in total. The predicted molar refractivity (Wildman–Crippen MR) is 108 cm³/mol. The van der Waals surface area contributed by atoms with E-state index in [1.165, 1.54) is 10.4 Å². The number of rotatable bonds is 8. The Morgan fingerprint density at radius 2 is 1.92 bits per heavy atom. The van der Waals surface area contributed by atoms with Crippen molar-refractivity contribution < 1.29 is 4.79 Å². The molecule has 0 aliphatic heterocycles. The molecule has 140 valence electrons. The van der Waals surface area contributed by atoms with Crippen LogP contribution in [0.15, 0.2) is 35.3 Å². The Kier molecular flexibility index (Phi) is 8.08. The second kappa shape index (κ2) is 10.6. The predicted octanol–water partition coefficient (Wildman–Crippen LogP) is 2.17. The van der Waals surface area contributed by atoms with Gasteiger partial charge in [0.05, 0.1) is 12.2 Å². The molecule has 0 atom stereocenters. The zero-order valence-corrected chi connectivity index (χ0v) is 16.4. The summed E-state index contributed by atoms with van der Waals surface area (Å²) < 4.78 is 0. The third kappa shape index (κ3) is 6.84. The van der Waals surface area contributed by atoms with E-state index in [0.717, 1.165) is 23.7 Å². The van der Waals surface area contributed by atoms with Gasteiger partial charge in [-0.2, -0.15) is 0 Å². The first-order chi connectivity index (χ1) is 12.6. The minimum absolute atomic E-state index is 0.0842. The highest BCUT2D eigenvalue weighted by Gasteiger charge is 2.06. The number of nitrogens with zero attached hydrogens (tertiary/aromatic N) is 2. The Morgan fingerprint density at radius 3 is 2.58 bits per heavy atom. The smallest absolute Gasteiger partial charge is 0.241 e. The Morgan fingerprint density at radius 1 is 1.15 bits per heavy atom. The van der Waals surface area contributed by atoms with Crippen LogP contribution in [-0.2, 0) is 17.8 Å². The number of hydrogen-bond acceptors (Lipinski definition) is 4. The topological polar surface area (TPSA) is 78.4 Å². The monoisotopic (exact) mass is 373 g/mol. The van der Waals surface area contributed by atoms with E-state index in [1.807, 2.05) is 32.0 Å². The maximum Gasteiger partial charge on any atom is 0.241 e. The number of benzene rings is 1. The van der Waals surface area contributed by atoms with Crippen LogP contribution in [0.1, 0.15) is 28.1 Å². The van der Waals surface area contributed by atoms with Crippen LogP contribution in [0.3, 0.4) is 0 Å². The molecule has 0 aliphatic rings. The summed E-state index contributed by atoms with van der Waals surface area (Å²) in [6.07, 6.45) is 0.817. The highest BCUT2D eigenvalue weighted by molar-refractivity contribution is 7.11. The van der Waals surface area contributed by atoms with Gasteiger partial charge in [0.2, 0.25) is 5.91 Å². The molecule has 0 aliphatic carbocycles. The standard InChI is InChI=1S/C19H27N5OS/c1-4-20-19(23-13-18-24-14(2)15(3)26-18)22-12-17(25)21-11-10-16-8-6-5-7-9-16/h5-9H,4,10-13H2,1-3H3,(H,21,25)(H2,20,22,23). The molecule has 0 fully saturated rings. The first kappa shape index (κ1) is 19.9. The normalized spacial score (nSPS) is 11.3. The third-order valence-electron chi connectivity index (χ3n) is 3.78.